The number of hydrogen-bond acceptors (Lipinski definition) is 5. The number of aromatic nitrogens is 1. The Kier molecular flexibility index (Phi) is 3.90. The molecule has 0 bridgehead atoms. The Morgan fingerprint density at radius 3 is 3.00 bits per heavy atom. The fourth-order valence-corrected chi connectivity index (χ4v) is 3.97. The molecule has 0 spiro atoms. The van der Waals surface area contributed by atoms with Crippen molar-refractivity contribution in [2.75, 3.05) is 5.75 Å². The maximum absolute atomic E-state index is 11.9. The summed E-state index contributed by atoms with van der Waals surface area (Å²) < 4.78 is 1.80. The second kappa shape index (κ2) is 5.71. The topological polar surface area (TPSA) is 108 Å². The number of pyridine rings is 1. The molecule has 1 fully saturated rings. The number of amides is 1. The predicted molar refractivity (Wildman–Crippen MR) is 78.3 cm³/mol. The van der Waals surface area contributed by atoms with Crippen molar-refractivity contribution >= 4 is 23.6 Å². The zero-order valence-electron chi connectivity index (χ0n) is 11.7. The van der Waals surface area contributed by atoms with Gasteiger partial charge in [-0.05, 0) is 6.07 Å². The summed E-state index contributed by atoms with van der Waals surface area (Å²) in [4.78, 5) is 24.7. The van der Waals surface area contributed by atoms with Gasteiger partial charge in [0.15, 0.2) is 18.9 Å². The van der Waals surface area contributed by atoms with Crippen molar-refractivity contribution in [1.29, 1.82) is 0 Å². The molecule has 2 aliphatic rings. The Morgan fingerprint density at radius 2 is 2.32 bits per heavy atom. The van der Waals surface area contributed by atoms with Crippen LogP contribution in [-0.2, 0) is 22.7 Å². The quantitative estimate of drug-likeness (QED) is 0.487. The van der Waals surface area contributed by atoms with Crippen LogP contribution in [0, 0.1) is 0 Å². The third-order valence-electron chi connectivity index (χ3n) is 3.77. The molecular weight excluding hydrogens is 306 g/mol. The minimum absolute atomic E-state index is 0.0392. The molecule has 2 aliphatic heterocycles. The number of carboxylic acid groups (broad SMARTS) is 1. The first kappa shape index (κ1) is 15.0. The van der Waals surface area contributed by atoms with E-state index >= 15 is 0 Å². The first-order valence-electron chi connectivity index (χ1n) is 6.77. The fraction of sp³-hybridized carbons (Fsp3) is 0.357. The van der Waals surface area contributed by atoms with Crippen molar-refractivity contribution < 1.29 is 24.4 Å². The number of aliphatic carboxylic acids is 1. The Balaban J connectivity index is 1.93. The van der Waals surface area contributed by atoms with Gasteiger partial charge in [-0.1, -0.05) is 0 Å². The Morgan fingerprint density at radius 1 is 1.55 bits per heavy atom. The summed E-state index contributed by atoms with van der Waals surface area (Å²) in [7, 11) is 0. The van der Waals surface area contributed by atoms with Gasteiger partial charge in [-0.3, -0.25) is 9.69 Å². The molecule has 0 aromatic carbocycles. The average molecular weight is 322 g/mol. The SMILES string of the molecule is NC1C(=O)N2C(C(=O)O)=C(C[n+]3cccc(CO)c3)CSC12. The number of rotatable bonds is 4. The predicted octanol–water partition coefficient (Wildman–Crippen LogP) is -0.952. The number of carbonyl (C=O) groups is 2. The molecule has 3 heterocycles. The summed E-state index contributed by atoms with van der Waals surface area (Å²) in [6.45, 7) is 0.274. The van der Waals surface area contributed by atoms with Crippen LogP contribution in [-0.4, -0.2) is 44.2 Å². The van der Waals surface area contributed by atoms with Crippen LogP contribution in [0.2, 0.25) is 0 Å². The number of aliphatic hydroxyl groups is 1. The molecule has 1 amide bonds. The van der Waals surface area contributed by atoms with Crippen LogP contribution in [0.25, 0.3) is 0 Å². The van der Waals surface area contributed by atoms with E-state index in [1.807, 2.05) is 0 Å². The number of aliphatic hydroxyl groups excluding tert-OH is 1. The zero-order valence-corrected chi connectivity index (χ0v) is 12.5. The normalized spacial score (nSPS) is 24.1. The van der Waals surface area contributed by atoms with Crippen LogP contribution < -0.4 is 10.3 Å². The largest absolute Gasteiger partial charge is 0.477 e. The third-order valence-corrected chi connectivity index (χ3v) is 5.13. The van der Waals surface area contributed by atoms with Crippen molar-refractivity contribution in [3.63, 3.8) is 0 Å². The van der Waals surface area contributed by atoms with Crippen molar-refractivity contribution in [2.24, 2.45) is 5.73 Å². The summed E-state index contributed by atoms with van der Waals surface area (Å²) in [5, 5.41) is 18.3. The number of nitrogens with zero attached hydrogens (tertiary/aromatic N) is 2. The maximum Gasteiger partial charge on any atom is 0.352 e. The highest BCUT2D eigenvalue weighted by molar-refractivity contribution is 8.00. The molecule has 2 unspecified atom stereocenters. The average Bonchev–Trinajstić information content (AvgIpc) is 2.53. The molecule has 1 aromatic heterocycles. The van der Waals surface area contributed by atoms with E-state index in [9.17, 15) is 14.7 Å². The van der Waals surface area contributed by atoms with Crippen LogP contribution in [0.1, 0.15) is 5.56 Å². The number of thioether (sulfide) groups is 1. The van der Waals surface area contributed by atoms with Gasteiger partial charge < -0.3 is 15.9 Å². The molecule has 2 atom stereocenters. The summed E-state index contributed by atoms with van der Waals surface area (Å²) in [6, 6.07) is 2.95. The first-order valence-corrected chi connectivity index (χ1v) is 7.82. The van der Waals surface area contributed by atoms with E-state index in [2.05, 4.69) is 0 Å². The molecule has 0 aliphatic carbocycles. The standard InChI is InChI=1S/C14H15N3O4S/c15-10-12(19)17-11(14(20)21)9(7-22-13(10)17)5-16-3-1-2-8(4-16)6-18/h1-4,10,13,18H,5-7,15H2/p+1. The molecule has 0 saturated carbocycles. The summed E-state index contributed by atoms with van der Waals surface area (Å²) in [6.07, 6.45) is 3.55. The molecule has 1 saturated heterocycles. The zero-order chi connectivity index (χ0) is 15.9. The number of carboxylic acids is 1. The van der Waals surface area contributed by atoms with Crippen LogP contribution in [0.15, 0.2) is 35.8 Å². The van der Waals surface area contributed by atoms with Gasteiger partial charge in [-0.2, -0.15) is 0 Å². The van der Waals surface area contributed by atoms with E-state index in [1.165, 1.54) is 16.7 Å². The second-order valence-corrected chi connectivity index (χ2v) is 6.34. The number of nitrogens with two attached hydrogens (primary N) is 1. The van der Waals surface area contributed by atoms with Gasteiger partial charge in [0.1, 0.15) is 17.1 Å². The molecule has 22 heavy (non-hydrogen) atoms. The third kappa shape index (κ3) is 2.39. The van der Waals surface area contributed by atoms with Crippen molar-refractivity contribution in [3.8, 4) is 0 Å². The van der Waals surface area contributed by atoms with E-state index < -0.39 is 12.0 Å². The number of fused-ring (bicyclic) bond motifs is 1. The first-order chi connectivity index (χ1) is 10.5. The summed E-state index contributed by atoms with van der Waals surface area (Å²) >= 11 is 1.48. The molecule has 4 N–H and O–H groups in total. The molecule has 116 valence electrons. The van der Waals surface area contributed by atoms with Crippen LogP contribution in [0.5, 0.6) is 0 Å². The summed E-state index contributed by atoms with van der Waals surface area (Å²) in [5.41, 5.74) is 7.15. The smallest absolute Gasteiger partial charge is 0.352 e. The number of carbonyl (C=O) groups excluding carboxylic acids is 1. The van der Waals surface area contributed by atoms with Crippen molar-refractivity contribution in [2.45, 2.75) is 24.6 Å². The number of hydrogen-bond donors (Lipinski definition) is 3. The highest BCUT2D eigenvalue weighted by atomic mass is 32.2. The van der Waals surface area contributed by atoms with Gasteiger partial charge in [0, 0.05) is 23.0 Å². The summed E-state index contributed by atoms with van der Waals surface area (Å²) in [5.74, 6) is -0.944. The lowest BCUT2D eigenvalue weighted by Crippen LogP contribution is -2.68. The fourth-order valence-electron chi connectivity index (χ4n) is 2.69. The Hall–Kier alpha value is -1.90. The lowest BCUT2D eigenvalue weighted by Gasteiger charge is -2.47. The molecular formula is C14H16N3O4S+. The van der Waals surface area contributed by atoms with E-state index in [0.29, 0.717) is 17.9 Å². The lowest BCUT2D eigenvalue weighted by molar-refractivity contribution is -0.689. The molecule has 8 heteroatoms. The van der Waals surface area contributed by atoms with E-state index in [-0.39, 0.29) is 23.6 Å². The van der Waals surface area contributed by atoms with Crippen molar-refractivity contribution in [1.82, 2.24) is 4.90 Å². The highest BCUT2D eigenvalue weighted by Gasteiger charge is 2.52. The van der Waals surface area contributed by atoms with E-state index in [1.54, 1.807) is 29.1 Å². The minimum Gasteiger partial charge on any atom is -0.477 e. The second-order valence-electron chi connectivity index (χ2n) is 5.24. The Bertz CT molecular complexity index is 676. The molecule has 7 nitrogen and oxygen atoms in total. The lowest BCUT2D eigenvalue weighted by atomic mass is 10.0. The van der Waals surface area contributed by atoms with Crippen molar-refractivity contribution in [3.05, 3.63) is 41.4 Å². The van der Waals surface area contributed by atoms with Crippen LogP contribution in [0.4, 0.5) is 0 Å². The van der Waals surface area contributed by atoms with Gasteiger partial charge in [-0.25, -0.2) is 9.36 Å². The van der Waals surface area contributed by atoms with Gasteiger partial charge >= 0.3 is 5.97 Å². The van der Waals surface area contributed by atoms with Crippen LogP contribution >= 0.6 is 11.8 Å². The van der Waals surface area contributed by atoms with E-state index in [0.717, 1.165) is 5.56 Å². The highest BCUT2D eigenvalue weighted by Crippen LogP contribution is 2.39. The van der Waals surface area contributed by atoms with Gasteiger partial charge in [-0.15, -0.1) is 11.8 Å². The monoisotopic (exact) mass is 322 g/mol. The van der Waals surface area contributed by atoms with Gasteiger partial charge in [0.25, 0.3) is 0 Å². The van der Waals surface area contributed by atoms with Gasteiger partial charge in [0.2, 0.25) is 5.91 Å². The minimum atomic E-state index is -1.11. The molecule has 0 radical (unpaired) electrons. The van der Waals surface area contributed by atoms with E-state index in [4.69, 9.17) is 10.8 Å². The maximum atomic E-state index is 11.9. The number of β-lactam (4-membered cyclic amide) rings is 1. The van der Waals surface area contributed by atoms with Gasteiger partial charge in [0.05, 0.1) is 6.61 Å². The molecule has 1 aromatic rings. The molecule has 3 rings (SSSR count). The van der Waals surface area contributed by atoms with Crippen LogP contribution in [0.3, 0.4) is 0 Å². The Labute approximate surface area is 131 Å².